The third-order valence-electron chi connectivity index (χ3n) is 5.83. The van der Waals surface area contributed by atoms with Crippen molar-refractivity contribution in [1.29, 1.82) is 0 Å². The highest BCUT2D eigenvalue weighted by Gasteiger charge is 2.32. The van der Waals surface area contributed by atoms with E-state index >= 15 is 0 Å². The molecule has 150 valence electrons. The number of carbonyl (C=O) groups excluding carboxylic acids is 1. The molecule has 0 radical (unpaired) electrons. The Kier molecular flexibility index (Phi) is 4.24. The van der Waals surface area contributed by atoms with Crippen molar-refractivity contribution in [3.63, 3.8) is 0 Å². The number of carbonyl (C=O) groups is 1. The molecule has 0 saturated carbocycles. The number of nitrogens with two attached hydrogens (primary N) is 1. The normalized spacial score (nSPS) is 18.3. The van der Waals surface area contributed by atoms with Gasteiger partial charge in [0.1, 0.15) is 17.8 Å². The first-order valence-corrected chi connectivity index (χ1v) is 9.97. The van der Waals surface area contributed by atoms with Crippen LogP contribution in [0.1, 0.15) is 25.0 Å². The summed E-state index contributed by atoms with van der Waals surface area (Å²) in [4.78, 5) is 25.3. The lowest BCUT2D eigenvalue weighted by Gasteiger charge is -2.30. The van der Waals surface area contributed by atoms with E-state index in [0.29, 0.717) is 12.4 Å². The summed E-state index contributed by atoms with van der Waals surface area (Å²) < 4.78 is 2.17. The molecule has 30 heavy (non-hydrogen) atoms. The second-order valence-corrected chi connectivity index (χ2v) is 7.79. The third kappa shape index (κ3) is 2.82. The van der Waals surface area contributed by atoms with E-state index in [1.165, 1.54) is 12.4 Å². The highest BCUT2D eigenvalue weighted by Crippen LogP contribution is 2.43. The molecule has 1 amide bonds. The molecule has 3 N–H and O–H groups in total. The molecule has 0 fully saturated rings. The third-order valence-corrected chi connectivity index (χ3v) is 5.83. The highest BCUT2D eigenvalue weighted by molar-refractivity contribution is 6.03. The van der Waals surface area contributed by atoms with Gasteiger partial charge in [-0.1, -0.05) is 31.7 Å². The van der Waals surface area contributed by atoms with Crippen LogP contribution in [0.25, 0.3) is 33.1 Å². The predicted octanol–water partition coefficient (Wildman–Crippen LogP) is 3.41. The minimum atomic E-state index is -0.166. The Morgan fingerprint density at radius 2 is 2.13 bits per heavy atom. The zero-order chi connectivity index (χ0) is 20.8. The molecule has 1 aliphatic heterocycles. The van der Waals surface area contributed by atoms with Crippen molar-refractivity contribution in [3.05, 3.63) is 61.2 Å². The van der Waals surface area contributed by atoms with Crippen LogP contribution >= 0.6 is 0 Å². The summed E-state index contributed by atoms with van der Waals surface area (Å²) >= 11 is 0. The number of aromatic nitrogens is 4. The molecule has 0 bridgehead atoms. The first kappa shape index (κ1) is 18.3. The molecule has 7 nitrogen and oxygen atoms in total. The minimum absolute atomic E-state index is 0.00707. The van der Waals surface area contributed by atoms with Gasteiger partial charge in [-0.15, -0.1) is 0 Å². The van der Waals surface area contributed by atoms with Gasteiger partial charge in [-0.2, -0.15) is 0 Å². The number of nitrogens with zero attached hydrogens (tertiary/aromatic N) is 4. The van der Waals surface area contributed by atoms with Gasteiger partial charge in [0.2, 0.25) is 5.91 Å². The van der Waals surface area contributed by atoms with Crippen molar-refractivity contribution >= 4 is 33.7 Å². The lowest BCUT2D eigenvalue weighted by atomic mass is 9.89. The number of nitrogens with one attached hydrogen (secondary N) is 1. The van der Waals surface area contributed by atoms with Crippen molar-refractivity contribution in [2.45, 2.75) is 31.8 Å². The predicted molar refractivity (Wildman–Crippen MR) is 118 cm³/mol. The van der Waals surface area contributed by atoms with Gasteiger partial charge in [-0.05, 0) is 30.5 Å². The summed E-state index contributed by atoms with van der Waals surface area (Å²) in [6, 6.07) is 10.2. The Morgan fingerprint density at radius 1 is 1.30 bits per heavy atom. The van der Waals surface area contributed by atoms with E-state index in [2.05, 4.69) is 50.5 Å². The summed E-state index contributed by atoms with van der Waals surface area (Å²) in [5.41, 5.74) is 11.2. The van der Waals surface area contributed by atoms with E-state index < -0.39 is 0 Å². The van der Waals surface area contributed by atoms with Gasteiger partial charge in [-0.25, -0.2) is 9.97 Å². The minimum Gasteiger partial charge on any atom is -0.383 e. The fourth-order valence-corrected chi connectivity index (χ4v) is 4.61. The molecule has 4 heterocycles. The number of fused-ring (bicyclic) bond motifs is 4. The van der Waals surface area contributed by atoms with Crippen LogP contribution in [0.2, 0.25) is 0 Å². The van der Waals surface area contributed by atoms with E-state index in [1.54, 1.807) is 0 Å². The molecule has 1 aliphatic rings. The van der Waals surface area contributed by atoms with Crippen molar-refractivity contribution in [2.24, 2.45) is 0 Å². The van der Waals surface area contributed by atoms with Crippen LogP contribution in [-0.4, -0.2) is 31.5 Å². The van der Waals surface area contributed by atoms with Crippen LogP contribution in [0.5, 0.6) is 0 Å². The Balaban J connectivity index is 1.74. The molecule has 0 aliphatic carbocycles. The fourth-order valence-electron chi connectivity index (χ4n) is 4.61. The molecule has 0 saturated heterocycles. The van der Waals surface area contributed by atoms with Crippen molar-refractivity contribution in [2.75, 3.05) is 5.73 Å². The molecular weight excluding hydrogens is 376 g/mol. The lowest BCUT2D eigenvalue weighted by molar-refractivity contribution is -0.117. The SMILES string of the molecule is C=CC(=O)N[C@H]1C[C@@H](C)c2c(-c3cnc4ccccc4c3)c3c(N)ncnc3n2C1. The first-order chi connectivity index (χ1) is 14.6. The molecule has 4 aromatic rings. The van der Waals surface area contributed by atoms with Crippen LogP contribution in [0, 0.1) is 0 Å². The van der Waals surface area contributed by atoms with Crippen molar-refractivity contribution in [3.8, 4) is 11.1 Å². The molecule has 5 rings (SSSR count). The van der Waals surface area contributed by atoms with E-state index in [1.807, 2.05) is 24.4 Å². The number of pyridine rings is 1. The second kappa shape index (κ2) is 6.95. The quantitative estimate of drug-likeness (QED) is 0.515. The molecule has 7 heteroatoms. The summed E-state index contributed by atoms with van der Waals surface area (Å²) in [5, 5.41) is 4.94. The van der Waals surface area contributed by atoms with E-state index in [9.17, 15) is 4.79 Å². The summed E-state index contributed by atoms with van der Waals surface area (Å²) in [6.45, 7) is 6.34. The number of benzene rings is 1. The van der Waals surface area contributed by atoms with Crippen LogP contribution in [0.4, 0.5) is 5.82 Å². The van der Waals surface area contributed by atoms with Gasteiger partial charge in [0.05, 0.1) is 10.9 Å². The van der Waals surface area contributed by atoms with Crippen LogP contribution in [-0.2, 0) is 11.3 Å². The average Bonchev–Trinajstić information content (AvgIpc) is 3.09. The maximum atomic E-state index is 11.9. The molecule has 2 atom stereocenters. The summed E-state index contributed by atoms with van der Waals surface area (Å²) in [7, 11) is 0. The fraction of sp³-hybridized carbons (Fsp3) is 0.217. The van der Waals surface area contributed by atoms with Gasteiger partial charge >= 0.3 is 0 Å². The van der Waals surface area contributed by atoms with Gasteiger partial charge in [-0.3, -0.25) is 9.78 Å². The number of amides is 1. The van der Waals surface area contributed by atoms with Crippen molar-refractivity contribution < 1.29 is 4.79 Å². The number of hydrogen-bond donors (Lipinski definition) is 2. The topological polar surface area (TPSA) is 98.7 Å². The van der Waals surface area contributed by atoms with E-state index in [4.69, 9.17) is 5.73 Å². The van der Waals surface area contributed by atoms with Crippen LogP contribution in [0.3, 0.4) is 0 Å². The average molecular weight is 398 g/mol. The maximum Gasteiger partial charge on any atom is 0.243 e. The molecular formula is C23H22N6O. The van der Waals surface area contributed by atoms with Crippen molar-refractivity contribution in [1.82, 2.24) is 24.8 Å². The number of anilines is 1. The van der Waals surface area contributed by atoms with Gasteiger partial charge < -0.3 is 15.6 Å². The smallest absolute Gasteiger partial charge is 0.243 e. The number of nitrogen functional groups attached to an aromatic ring is 1. The molecule has 1 aromatic carbocycles. The first-order valence-electron chi connectivity index (χ1n) is 9.97. The monoisotopic (exact) mass is 398 g/mol. The Bertz CT molecular complexity index is 1310. The zero-order valence-corrected chi connectivity index (χ0v) is 16.7. The van der Waals surface area contributed by atoms with Gasteiger partial charge in [0.25, 0.3) is 0 Å². The molecule has 0 unspecified atom stereocenters. The largest absolute Gasteiger partial charge is 0.383 e. The second-order valence-electron chi connectivity index (χ2n) is 7.79. The number of hydrogen-bond acceptors (Lipinski definition) is 5. The van der Waals surface area contributed by atoms with Gasteiger partial charge in [0.15, 0.2) is 0 Å². The maximum absolute atomic E-state index is 11.9. The molecule has 3 aromatic heterocycles. The standard InChI is InChI=1S/C23H22N6O/c1-3-18(30)28-16-8-13(2)21-19(15-9-14-6-4-5-7-17(14)25-10-15)20-22(24)26-12-27-23(20)29(21)11-16/h3-7,9-10,12-13,16H,1,8,11H2,2H3,(H,28,30)(H2,24,26,27)/t13-,16+/m1/s1. The van der Waals surface area contributed by atoms with Crippen LogP contribution < -0.4 is 11.1 Å². The Labute approximate surface area is 173 Å². The highest BCUT2D eigenvalue weighted by atomic mass is 16.1. The zero-order valence-electron chi connectivity index (χ0n) is 16.7. The number of para-hydroxylation sites is 1. The lowest BCUT2D eigenvalue weighted by Crippen LogP contribution is -2.41. The molecule has 0 spiro atoms. The Hall–Kier alpha value is -3.74. The summed E-state index contributed by atoms with van der Waals surface area (Å²) in [5.74, 6) is 0.466. The van der Waals surface area contributed by atoms with Crippen LogP contribution in [0.15, 0.2) is 55.5 Å². The van der Waals surface area contributed by atoms with Gasteiger partial charge in [0, 0.05) is 41.0 Å². The Morgan fingerprint density at radius 3 is 2.97 bits per heavy atom. The number of rotatable bonds is 3. The summed E-state index contributed by atoms with van der Waals surface area (Å²) in [6.07, 6.45) is 5.50. The van der Waals surface area contributed by atoms with E-state index in [0.717, 1.165) is 45.2 Å². The van der Waals surface area contributed by atoms with E-state index in [-0.39, 0.29) is 17.9 Å².